The number of ether oxygens (including phenoxy) is 1. The third-order valence-electron chi connectivity index (χ3n) is 5.07. The highest BCUT2D eigenvalue weighted by Gasteiger charge is 2.12. The SMILES string of the molecule is CCc1ccc(CC)c(CN(Cc2ccccc2)c2ccc(OC)cc2)c1. The average Bonchev–Trinajstić information content (AvgIpc) is 2.74. The highest BCUT2D eigenvalue weighted by atomic mass is 16.5. The van der Waals surface area contributed by atoms with E-state index in [0.29, 0.717) is 0 Å². The number of hydrogen-bond acceptors (Lipinski definition) is 2. The quantitative estimate of drug-likeness (QED) is 0.487. The van der Waals surface area contributed by atoms with Crippen LogP contribution in [0.25, 0.3) is 0 Å². The molecule has 0 unspecified atom stereocenters. The minimum absolute atomic E-state index is 0.882. The third kappa shape index (κ3) is 4.91. The Balaban J connectivity index is 1.93. The van der Waals surface area contributed by atoms with Crippen molar-refractivity contribution in [3.8, 4) is 5.75 Å². The van der Waals surface area contributed by atoms with Crippen LogP contribution in [0.4, 0.5) is 5.69 Å². The van der Waals surface area contributed by atoms with Crippen molar-refractivity contribution in [3.63, 3.8) is 0 Å². The summed E-state index contributed by atoms with van der Waals surface area (Å²) in [4.78, 5) is 2.45. The monoisotopic (exact) mass is 359 g/mol. The Bertz CT molecular complexity index is 840. The predicted octanol–water partition coefficient (Wildman–Crippen LogP) is 6.03. The van der Waals surface area contributed by atoms with Crippen molar-refractivity contribution in [2.24, 2.45) is 0 Å². The molecule has 0 saturated carbocycles. The molecule has 0 saturated heterocycles. The molecule has 0 aliphatic rings. The van der Waals surface area contributed by atoms with Gasteiger partial charge in [0.15, 0.2) is 0 Å². The third-order valence-corrected chi connectivity index (χ3v) is 5.07. The molecular weight excluding hydrogens is 330 g/mol. The molecule has 2 nitrogen and oxygen atoms in total. The Morgan fingerprint density at radius 3 is 2.07 bits per heavy atom. The first-order chi connectivity index (χ1) is 13.2. The van der Waals surface area contributed by atoms with Crippen LogP contribution < -0.4 is 9.64 Å². The van der Waals surface area contributed by atoms with Gasteiger partial charge in [-0.3, -0.25) is 0 Å². The van der Waals surface area contributed by atoms with E-state index >= 15 is 0 Å². The number of hydrogen-bond donors (Lipinski definition) is 0. The van der Waals surface area contributed by atoms with Gasteiger partial charge in [-0.2, -0.15) is 0 Å². The van der Waals surface area contributed by atoms with Gasteiger partial charge in [-0.15, -0.1) is 0 Å². The van der Waals surface area contributed by atoms with E-state index < -0.39 is 0 Å². The van der Waals surface area contributed by atoms with Crippen LogP contribution in [0, 0.1) is 0 Å². The number of methoxy groups -OCH3 is 1. The Hall–Kier alpha value is -2.74. The van der Waals surface area contributed by atoms with E-state index in [0.717, 1.165) is 31.7 Å². The Morgan fingerprint density at radius 1 is 0.704 bits per heavy atom. The summed E-state index contributed by atoms with van der Waals surface area (Å²) in [5.74, 6) is 0.889. The van der Waals surface area contributed by atoms with Crippen LogP contribution >= 0.6 is 0 Å². The summed E-state index contributed by atoms with van der Waals surface area (Å²) in [5.41, 5.74) is 6.78. The fraction of sp³-hybridized carbons (Fsp3) is 0.280. The van der Waals surface area contributed by atoms with Gasteiger partial charge in [0, 0.05) is 18.8 Å². The maximum Gasteiger partial charge on any atom is 0.119 e. The highest BCUT2D eigenvalue weighted by molar-refractivity contribution is 5.51. The second-order valence-corrected chi connectivity index (χ2v) is 6.85. The maximum absolute atomic E-state index is 5.33. The average molecular weight is 360 g/mol. The lowest BCUT2D eigenvalue weighted by atomic mass is 10.00. The lowest BCUT2D eigenvalue weighted by Crippen LogP contribution is -2.23. The fourth-order valence-electron chi connectivity index (χ4n) is 3.43. The standard InChI is InChI=1S/C25H29NO/c1-4-20-11-12-22(5-2)23(17-20)19-26(18-21-9-7-6-8-10-21)24-13-15-25(27-3)16-14-24/h6-17H,4-5,18-19H2,1-3H3. The molecule has 140 valence electrons. The van der Waals surface area contributed by atoms with Crippen molar-refractivity contribution in [1.82, 2.24) is 0 Å². The van der Waals surface area contributed by atoms with Crippen LogP contribution in [0.2, 0.25) is 0 Å². The zero-order chi connectivity index (χ0) is 19.1. The molecular formula is C25H29NO. The zero-order valence-corrected chi connectivity index (χ0v) is 16.6. The minimum Gasteiger partial charge on any atom is -0.497 e. The first kappa shape index (κ1) is 19.0. The minimum atomic E-state index is 0.882. The first-order valence-electron chi connectivity index (χ1n) is 9.77. The largest absolute Gasteiger partial charge is 0.497 e. The van der Waals surface area contributed by atoms with Crippen LogP contribution in [0.3, 0.4) is 0 Å². The van der Waals surface area contributed by atoms with E-state index in [4.69, 9.17) is 4.74 Å². The summed E-state index contributed by atoms with van der Waals surface area (Å²) in [6.45, 7) is 6.24. The summed E-state index contributed by atoms with van der Waals surface area (Å²) in [6, 6.07) is 26.0. The van der Waals surface area contributed by atoms with Crippen molar-refractivity contribution in [2.75, 3.05) is 12.0 Å². The molecule has 0 amide bonds. The van der Waals surface area contributed by atoms with Crippen LogP contribution in [0.15, 0.2) is 72.8 Å². The second kappa shape index (κ2) is 9.27. The molecule has 0 aliphatic carbocycles. The summed E-state index contributed by atoms with van der Waals surface area (Å²) in [6.07, 6.45) is 2.12. The van der Waals surface area contributed by atoms with Gasteiger partial charge in [0.25, 0.3) is 0 Å². The molecule has 0 radical (unpaired) electrons. The van der Waals surface area contributed by atoms with Crippen LogP contribution in [0.5, 0.6) is 5.75 Å². The predicted molar refractivity (Wildman–Crippen MR) is 115 cm³/mol. The van der Waals surface area contributed by atoms with Crippen molar-refractivity contribution in [1.29, 1.82) is 0 Å². The Morgan fingerprint density at radius 2 is 1.44 bits per heavy atom. The fourth-order valence-corrected chi connectivity index (χ4v) is 3.43. The summed E-state index contributed by atoms with van der Waals surface area (Å²) >= 11 is 0. The molecule has 2 heteroatoms. The van der Waals surface area contributed by atoms with E-state index in [1.807, 2.05) is 12.1 Å². The van der Waals surface area contributed by atoms with Gasteiger partial charge in [-0.25, -0.2) is 0 Å². The van der Waals surface area contributed by atoms with Gasteiger partial charge in [0.2, 0.25) is 0 Å². The van der Waals surface area contributed by atoms with Crippen molar-refractivity contribution in [2.45, 2.75) is 39.8 Å². The summed E-state index contributed by atoms with van der Waals surface area (Å²) < 4.78 is 5.33. The van der Waals surface area contributed by atoms with Gasteiger partial charge in [-0.1, -0.05) is 62.4 Å². The second-order valence-electron chi connectivity index (χ2n) is 6.85. The molecule has 0 aromatic heterocycles. The molecule has 0 spiro atoms. The summed E-state index contributed by atoms with van der Waals surface area (Å²) in [5, 5.41) is 0. The van der Waals surface area contributed by atoms with Crippen LogP contribution in [0.1, 0.15) is 36.1 Å². The van der Waals surface area contributed by atoms with E-state index in [-0.39, 0.29) is 0 Å². The molecule has 0 N–H and O–H groups in total. The van der Waals surface area contributed by atoms with Gasteiger partial charge >= 0.3 is 0 Å². The van der Waals surface area contributed by atoms with E-state index in [9.17, 15) is 0 Å². The molecule has 0 fully saturated rings. The van der Waals surface area contributed by atoms with Crippen molar-refractivity contribution >= 4 is 5.69 Å². The molecule has 0 bridgehead atoms. The molecule has 27 heavy (non-hydrogen) atoms. The molecule has 3 rings (SSSR count). The summed E-state index contributed by atoms with van der Waals surface area (Å²) in [7, 11) is 1.71. The number of nitrogens with zero attached hydrogens (tertiary/aromatic N) is 1. The number of rotatable bonds is 8. The van der Waals surface area contributed by atoms with Crippen LogP contribution in [-0.2, 0) is 25.9 Å². The molecule has 3 aromatic carbocycles. The van der Waals surface area contributed by atoms with Gasteiger partial charge in [0.1, 0.15) is 5.75 Å². The number of anilines is 1. The number of benzene rings is 3. The molecule has 0 atom stereocenters. The van der Waals surface area contributed by atoms with Gasteiger partial charge in [-0.05, 0) is 59.4 Å². The topological polar surface area (TPSA) is 12.5 Å². The Kier molecular flexibility index (Phi) is 6.54. The first-order valence-corrected chi connectivity index (χ1v) is 9.77. The lowest BCUT2D eigenvalue weighted by molar-refractivity contribution is 0.415. The van der Waals surface area contributed by atoms with Crippen molar-refractivity contribution < 1.29 is 4.74 Å². The van der Waals surface area contributed by atoms with Crippen LogP contribution in [-0.4, -0.2) is 7.11 Å². The lowest BCUT2D eigenvalue weighted by Gasteiger charge is -2.27. The van der Waals surface area contributed by atoms with E-state index in [1.54, 1.807) is 7.11 Å². The smallest absolute Gasteiger partial charge is 0.119 e. The van der Waals surface area contributed by atoms with Gasteiger partial charge in [0.05, 0.1) is 7.11 Å². The maximum atomic E-state index is 5.33. The number of aryl methyl sites for hydroxylation is 2. The molecule has 0 aliphatic heterocycles. The normalized spacial score (nSPS) is 10.6. The van der Waals surface area contributed by atoms with E-state index in [1.165, 1.54) is 27.9 Å². The molecule has 0 heterocycles. The van der Waals surface area contributed by atoms with Crippen molar-refractivity contribution in [3.05, 3.63) is 95.1 Å². The van der Waals surface area contributed by atoms with E-state index in [2.05, 4.69) is 79.4 Å². The van der Waals surface area contributed by atoms with Gasteiger partial charge < -0.3 is 9.64 Å². The molecule has 3 aromatic rings. The zero-order valence-electron chi connectivity index (χ0n) is 16.6. The Labute approximate surface area is 163 Å². The highest BCUT2D eigenvalue weighted by Crippen LogP contribution is 2.25.